The Morgan fingerprint density at radius 3 is 2.20 bits per heavy atom. The van der Waals surface area contributed by atoms with Crippen molar-refractivity contribution in [1.29, 1.82) is 0 Å². The van der Waals surface area contributed by atoms with Crippen LogP contribution in [0, 0.1) is 0 Å². The topological polar surface area (TPSA) is 60.9 Å². The van der Waals surface area contributed by atoms with Crippen LogP contribution in [0.4, 0.5) is 4.79 Å². The van der Waals surface area contributed by atoms with E-state index >= 15 is 0 Å². The monoisotopic (exact) mass is 534 g/mol. The predicted molar refractivity (Wildman–Crippen MR) is 156 cm³/mol. The Labute approximate surface area is 236 Å². The number of amides is 1. The minimum absolute atomic E-state index is 0.0361. The number of benzene rings is 2. The van der Waals surface area contributed by atoms with Gasteiger partial charge in [-0.3, -0.25) is 9.88 Å². The molecule has 40 heavy (non-hydrogen) atoms. The Hall–Kier alpha value is -3.42. The lowest BCUT2D eigenvalue weighted by Gasteiger charge is -2.33. The molecule has 3 aliphatic heterocycles. The SMILES string of the molecule is CC1(C)OB(c2ccc(C3=CC4CCC(C3)N4C(=O)OCC3c4ccccc4-c4ccccc43)nc2)OC1(C)C. The van der Waals surface area contributed by atoms with Gasteiger partial charge >= 0.3 is 13.2 Å². The lowest BCUT2D eigenvalue weighted by molar-refractivity contribution is 0.00578. The van der Waals surface area contributed by atoms with E-state index in [0.717, 1.165) is 30.4 Å². The molecule has 7 rings (SSSR count). The maximum Gasteiger partial charge on any atom is 0.496 e. The zero-order chi connectivity index (χ0) is 27.6. The first-order valence-electron chi connectivity index (χ1n) is 14.4. The summed E-state index contributed by atoms with van der Waals surface area (Å²) in [7, 11) is -0.424. The van der Waals surface area contributed by atoms with E-state index in [1.54, 1.807) is 0 Å². The van der Waals surface area contributed by atoms with E-state index < -0.39 is 7.12 Å². The van der Waals surface area contributed by atoms with Crippen LogP contribution in [0.25, 0.3) is 16.7 Å². The molecule has 2 unspecified atom stereocenters. The molecule has 4 aliphatic rings. The molecule has 3 aromatic rings. The first-order chi connectivity index (χ1) is 19.2. The molecule has 2 fully saturated rings. The summed E-state index contributed by atoms with van der Waals surface area (Å²) in [5.74, 6) is 0.0663. The Kier molecular flexibility index (Phi) is 5.95. The fourth-order valence-electron chi connectivity index (χ4n) is 6.69. The number of pyridine rings is 1. The molecule has 1 amide bonds. The van der Waals surface area contributed by atoms with Gasteiger partial charge < -0.3 is 14.0 Å². The third-order valence-corrected chi connectivity index (χ3v) is 9.58. The standard InChI is InChI=1S/C33H35BN2O4/c1-32(2)33(3,4)40-34(39-32)22-13-16-30(35-19-22)21-17-23-14-15-24(18-21)36(23)31(37)38-20-29-27-11-7-5-9-25(27)26-10-6-8-12-28(26)29/h5-13,16-17,19,23-24,29H,14-15,18,20H2,1-4H3. The molecule has 204 valence electrons. The van der Waals surface area contributed by atoms with E-state index in [4.69, 9.17) is 19.0 Å². The van der Waals surface area contributed by atoms with Crippen molar-refractivity contribution in [3.63, 3.8) is 0 Å². The second-order valence-corrected chi connectivity index (χ2v) is 12.5. The summed E-state index contributed by atoms with van der Waals surface area (Å²) in [6, 6.07) is 21.1. The maximum absolute atomic E-state index is 13.4. The molecule has 1 aromatic heterocycles. The summed E-state index contributed by atoms with van der Waals surface area (Å²) in [5, 5.41) is 0. The van der Waals surface area contributed by atoms with Crippen LogP contribution < -0.4 is 5.46 Å². The molecule has 1 aliphatic carbocycles. The van der Waals surface area contributed by atoms with Crippen LogP contribution in [0.5, 0.6) is 0 Å². The number of aromatic nitrogens is 1. The Morgan fingerprint density at radius 1 is 0.950 bits per heavy atom. The number of hydrogen-bond acceptors (Lipinski definition) is 5. The highest BCUT2D eigenvalue weighted by Crippen LogP contribution is 2.45. The van der Waals surface area contributed by atoms with Gasteiger partial charge in [0.1, 0.15) is 6.61 Å². The molecule has 7 heteroatoms. The second kappa shape index (κ2) is 9.32. The van der Waals surface area contributed by atoms with Crippen LogP contribution >= 0.6 is 0 Å². The third kappa shape index (κ3) is 4.10. The minimum atomic E-state index is -0.424. The van der Waals surface area contributed by atoms with E-state index in [-0.39, 0.29) is 35.3 Å². The average molecular weight is 534 g/mol. The molecule has 0 spiro atoms. The lowest BCUT2D eigenvalue weighted by Crippen LogP contribution is -2.43. The molecular formula is C33H35BN2O4. The highest BCUT2D eigenvalue weighted by Gasteiger charge is 2.52. The van der Waals surface area contributed by atoms with Gasteiger partial charge in [-0.2, -0.15) is 0 Å². The molecule has 6 nitrogen and oxygen atoms in total. The fraction of sp³-hybridized carbons (Fsp3) is 0.394. The molecule has 0 N–H and O–H groups in total. The third-order valence-electron chi connectivity index (χ3n) is 9.58. The summed E-state index contributed by atoms with van der Waals surface area (Å²) in [5.41, 5.74) is 7.23. The maximum atomic E-state index is 13.4. The number of fused-ring (bicyclic) bond motifs is 5. The number of carbonyl (C=O) groups is 1. The molecule has 2 atom stereocenters. The average Bonchev–Trinajstić information content (AvgIpc) is 3.50. The van der Waals surface area contributed by atoms with Gasteiger partial charge in [-0.05, 0) is 80.9 Å². The molecular weight excluding hydrogens is 499 g/mol. The van der Waals surface area contributed by atoms with E-state index in [1.807, 2.05) is 17.2 Å². The van der Waals surface area contributed by atoms with Crippen molar-refractivity contribution < 1.29 is 18.8 Å². The lowest BCUT2D eigenvalue weighted by atomic mass is 9.80. The van der Waals surface area contributed by atoms with Crippen LogP contribution in [-0.4, -0.2) is 53.0 Å². The summed E-state index contributed by atoms with van der Waals surface area (Å²) in [6.45, 7) is 8.57. The summed E-state index contributed by atoms with van der Waals surface area (Å²) in [6.07, 6.45) is 6.56. The number of ether oxygens (including phenoxy) is 1. The van der Waals surface area contributed by atoms with Gasteiger partial charge in [-0.1, -0.05) is 60.7 Å². The minimum Gasteiger partial charge on any atom is -0.448 e. The number of hydrogen-bond donors (Lipinski definition) is 0. The molecule has 0 saturated carbocycles. The Bertz CT molecular complexity index is 1440. The van der Waals surface area contributed by atoms with Crippen LogP contribution in [-0.2, 0) is 14.0 Å². The van der Waals surface area contributed by atoms with Gasteiger partial charge in [0.25, 0.3) is 0 Å². The van der Waals surface area contributed by atoms with Crippen LogP contribution in [0.1, 0.15) is 69.7 Å². The van der Waals surface area contributed by atoms with Crippen molar-refractivity contribution in [2.75, 3.05) is 6.61 Å². The first kappa shape index (κ1) is 25.5. The van der Waals surface area contributed by atoms with Crippen LogP contribution in [0.3, 0.4) is 0 Å². The largest absolute Gasteiger partial charge is 0.496 e. The van der Waals surface area contributed by atoms with Gasteiger partial charge in [-0.25, -0.2) is 4.79 Å². The molecule has 2 saturated heterocycles. The summed E-state index contributed by atoms with van der Waals surface area (Å²) in [4.78, 5) is 20.1. The Balaban J connectivity index is 1.04. The molecule has 2 aromatic carbocycles. The van der Waals surface area contributed by atoms with E-state index in [0.29, 0.717) is 6.61 Å². The zero-order valence-electron chi connectivity index (χ0n) is 23.6. The van der Waals surface area contributed by atoms with Crippen LogP contribution in [0.2, 0.25) is 0 Å². The van der Waals surface area contributed by atoms with E-state index in [1.165, 1.54) is 27.8 Å². The van der Waals surface area contributed by atoms with Crippen molar-refractivity contribution in [2.24, 2.45) is 0 Å². The molecule has 4 heterocycles. The fourth-order valence-corrected chi connectivity index (χ4v) is 6.69. The van der Waals surface area contributed by atoms with E-state index in [9.17, 15) is 4.79 Å². The highest BCUT2D eigenvalue weighted by molar-refractivity contribution is 6.62. The van der Waals surface area contributed by atoms with Gasteiger partial charge in [0.05, 0.1) is 22.9 Å². The van der Waals surface area contributed by atoms with Gasteiger partial charge in [0, 0.05) is 23.6 Å². The van der Waals surface area contributed by atoms with Crippen molar-refractivity contribution in [3.05, 3.63) is 89.8 Å². The second-order valence-electron chi connectivity index (χ2n) is 12.5. The number of nitrogens with zero attached hydrogens (tertiary/aromatic N) is 2. The quantitative estimate of drug-likeness (QED) is 0.387. The van der Waals surface area contributed by atoms with E-state index in [2.05, 4.69) is 88.4 Å². The van der Waals surface area contributed by atoms with Gasteiger partial charge in [0.15, 0.2) is 0 Å². The molecule has 0 radical (unpaired) electrons. The van der Waals surface area contributed by atoms with Crippen molar-refractivity contribution in [3.8, 4) is 11.1 Å². The zero-order valence-corrected chi connectivity index (χ0v) is 23.6. The summed E-state index contributed by atoms with van der Waals surface area (Å²) >= 11 is 0. The Morgan fingerprint density at radius 2 is 1.60 bits per heavy atom. The summed E-state index contributed by atoms with van der Waals surface area (Å²) < 4.78 is 18.4. The van der Waals surface area contributed by atoms with Crippen molar-refractivity contribution in [1.82, 2.24) is 9.88 Å². The number of rotatable bonds is 4. The van der Waals surface area contributed by atoms with Gasteiger partial charge in [0.2, 0.25) is 0 Å². The van der Waals surface area contributed by atoms with Crippen LogP contribution in [0.15, 0.2) is 72.9 Å². The first-order valence-corrected chi connectivity index (χ1v) is 14.4. The normalized spacial score (nSPS) is 24.1. The number of carbonyl (C=O) groups excluding carboxylic acids is 1. The molecule has 2 bridgehead atoms. The van der Waals surface area contributed by atoms with Crippen molar-refractivity contribution >= 4 is 24.2 Å². The predicted octanol–water partition coefficient (Wildman–Crippen LogP) is 5.95. The smallest absolute Gasteiger partial charge is 0.448 e. The van der Waals surface area contributed by atoms with Crippen molar-refractivity contribution in [2.45, 2.75) is 76.2 Å². The highest BCUT2D eigenvalue weighted by atomic mass is 16.7. The van der Waals surface area contributed by atoms with Gasteiger partial charge in [-0.15, -0.1) is 0 Å².